The third-order valence-corrected chi connectivity index (χ3v) is 16.1. The molecule has 0 spiro atoms. The first-order valence-electron chi connectivity index (χ1n) is 24.9. The van der Waals surface area contributed by atoms with E-state index >= 15 is 0 Å². The Morgan fingerprint density at radius 2 is 1.34 bits per heavy atom. The van der Waals surface area contributed by atoms with E-state index in [1.807, 2.05) is 0 Å². The number of amides is 5. The topological polar surface area (TPSA) is 433 Å². The van der Waals surface area contributed by atoms with E-state index < -0.39 is 163 Å². The summed E-state index contributed by atoms with van der Waals surface area (Å²) < 4.78 is 0. The normalized spacial score (nSPS) is 21.6. The van der Waals surface area contributed by atoms with Crippen LogP contribution in [0.15, 0.2) is 35.3 Å². The van der Waals surface area contributed by atoms with Crippen molar-refractivity contribution in [3.05, 3.63) is 35.9 Å². The quantitative estimate of drug-likeness (QED) is 0.0224. The van der Waals surface area contributed by atoms with Gasteiger partial charge in [0.25, 0.3) is 0 Å². The first-order valence-corrected chi connectivity index (χ1v) is 28.6. The molecule has 0 aliphatic carbocycles. The second kappa shape index (κ2) is 34.4. The minimum Gasteiger partial charge on any atom is -0.481 e. The highest BCUT2D eigenvalue weighted by Crippen LogP contribution is 2.31. The van der Waals surface area contributed by atoms with Gasteiger partial charge in [0.2, 0.25) is 29.5 Å². The molecule has 3 rings (SSSR count). The summed E-state index contributed by atoms with van der Waals surface area (Å²) in [6, 6.07) is 2.86. The van der Waals surface area contributed by atoms with E-state index in [4.69, 9.17) is 22.3 Å². The Hall–Kier alpha value is -6.39. The molecule has 0 unspecified atom stereocenters. The number of nitrogens with zero attached hydrogens (tertiary/aromatic N) is 1. The third-order valence-electron chi connectivity index (χ3n) is 12.3. The highest BCUT2D eigenvalue weighted by Gasteiger charge is 2.37. The first-order chi connectivity index (χ1) is 36.6. The van der Waals surface area contributed by atoms with Crippen molar-refractivity contribution in [3.63, 3.8) is 0 Å². The predicted molar refractivity (Wildman–Crippen MR) is 285 cm³/mol. The Bertz CT molecular complexity index is 2320. The van der Waals surface area contributed by atoms with Crippen molar-refractivity contribution in [1.82, 2.24) is 26.6 Å². The van der Waals surface area contributed by atoms with Crippen molar-refractivity contribution in [2.45, 2.75) is 114 Å². The average Bonchev–Trinajstić information content (AvgIpc) is 3.38. The molecule has 25 nitrogen and oxygen atoms in total. The first kappa shape index (κ1) is 64.9. The number of carbonyl (C=O) groups is 13. The van der Waals surface area contributed by atoms with Crippen molar-refractivity contribution < 1.29 is 77.6 Å². The molecule has 14 N–H and O–H groups in total. The number of benzene rings is 1. The lowest BCUT2D eigenvalue weighted by Gasteiger charge is -2.25. The zero-order chi connectivity index (χ0) is 57.0. The molecule has 1 aromatic rings. The number of carboxylic acids is 3. The van der Waals surface area contributed by atoms with Crippen molar-refractivity contribution in [1.29, 1.82) is 0 Å². The van der Waals surface area contributed by atoms with E-state index in [9.17, 15) is 72.5 Å². The number of Topliss-reactive ketones (excluding diaryl/α,β-unsaturated/α-hetero) is 5. The Balaban J connectivity index is 1.79. The van der Waals surface area contributed by atoms with Crippen LogP contribution in [0, 0.1) is 23.7 Å². The minimum atomic E-state index is -1.70. The van der Waals surface area contributed by atoms with Gasteiger partial charge in [-0.1, -0.05) is 58.3 Å². The number of rotatable bonds is 27. The Kier molecular flexibility index (Phi) is 29.0. The van der Waals surface area contributed by atoms with Crippen LogP contribution in [-0.2, 0) is 68.7 Å². The van der Waals surface area contributed by atoms with Crippen LogP contribution in [0.4, 0.5) is 0 Å². The molecule has 8 atom stereocenters. The number of aliphatic carboxylic acids is 3. The van der Waals surface area contributed by atoms with Crippen LogP contribution in [0.1, 0.15) is 89.0 Å². The summed E-state index contributed by atoms with van der Waals surface area (Å²) in [6.07, 6.45) is -3.26. The van der Waals surface area contributed by atoms with Crippen LogP contribution >= 0.6 is 33.3 Å². The molecule has 77 heavy (non-hydrogen) atoms. The lowest BCUT2D eigenvalue weighted by atomic mass is 9.93. The lowest BCUT2D eigenvalue weighted by molar-refractivity contribution is -0.141. The molecule has 1 aromatic carbocycles. The summed E-state index contributed by atoms with van der Waals surface area (Å²) in [5.41, 5.74) is 17.2. The van der Waals surface area contributed by atoms with Gasteiger partial charge < -0.3 is 59.1 Å². The van der Waals surface area contributed by atoms with E-state index in [1.54, 1.807) is 30.3 Å². The van der Waals surface area contributed by atoms with Crippen molar-refractivity contribution >= 4 is 116 Å². The highest BCUT2D eigenvalue weighted by atomic mass is 33.1. The number of guanidine groups is 1. The maximum absolute atomic E-state index is 14.0. The van der Waals surface area contributed by atoms with Gasteiger partial charge in [0.1, 0.15) is 12.3 Å². The van der Waals surface area contributed by atoms with E-state index in [2.05, 4.69) is 31.6 Å². The average molecular weight is 1140 g/mol. The summed E-state index contributed by atoms with van der Waals surface area (Å²) in [5.74, 6) is -16.1. The van der Waals surface area contributed by atoms with Gasteiger partial charge in [-0.2, -0.15) is 11.8 Å². The number of ketones is 5. The van der Waals surface area contributed by atoms with Gasteiger partial charge in [0.05, 0.1) is 60.5 Å². The monoisotopic (exact) mass is 1140 g/mol. The summed E-state index contributed by atoms with van der Waals surface area (Å²) >= 11 is 1.02. The van der Waals surface area contributed by atoms with Gasteiger partial charge in [-0.3, -0.25) is 67.3 Å². The number of nitrogens with two attached hydrogens (primary N) is 3. The standard InChI is InChI=1S/C49H69N9O16S3/c50-13-5-4-9-28-16-32(59)26-75-23-29(17-40(63)36(21-43(67)68)58-46(28)72)47(73)56-33(10-6-14-53-49(51)52)37(60)11-12-41(64)55-35(20-42(65)66)39(62)19-31-25-77-76-24-30(45(71)54-22-44(69)70)18-38(61)34(57-48(31)74)15-27-7-2-1-3-8-27/h1-3,7-8,28-31,33-36H,4-6,9-26,50H2,(H,54,71)(H,55,64)(H,56,73)(H,57,74)(H,58,72)(H,65,66)(H,67,68)(H,69,70)(H4,51,52,53)/t28-,29+,30+,31+,33+,34+,35+,36+/m1/s1. The van der Waals surface area contributed by atoms with Gasteiger partial charge >= 0.3 is 17.9 Å². The van der Waals surface area contributed by atoms with E-state index in [-0.39, 0.29) is 79.8 Å². The molecule has 0 radical (unpaired) electrons. The van der Waals surface area contributed by atoms with E-state index in [1.165, 1.54) is 0 Å². The summed E-state index contributed by atoms with van der Waals surface area (Å²) in [7, 11) is 2.19. The molecule has 0 bridgehead atoms. The molecule has 2 heterocycles. The number of thioether (sulfide) groups is 1. The fourth-order valence-corrected chi connectivity index (χ4v) is 11.9. The van der Waals surface area contributed by atoms with Crippen LogP contribution in [0.2, 0.25) is 0 Å². The summed E-state index contributed by atoms with van der Waals surface area (Å²) in [4.78, 5) is 175. The molecular weight excluding hydrogens is 1070 g/mol. The molecule has 2 fully saturated rings. The van der Waals surface area contributed by atoms with Crippen LogP contribution in [0.5, 0.6) is 0 Å². The molecule has 28 heteroatoms. The molecule has 5 amide bonds. The molecule has 2 saturated heterocycles. The molecular formula is C49H69N9O16S3. The van der Waals surface area contributed by atoms with Crippen molar-refractivity contribution in [2.75, 3.05) is 42.6 Å². The molecule has 2 aliphatic heterocycles. The number of hydrogen-bond donors (Lipinski definition) is 11. The van der Waals surface area contributed by atoms with Gasteiger partial charge in [-0.15, -0.1) is 0 Å². The minimum absolute atomic E-state index is 0.00154. The SMILES string of the molecule is NCCCC[C@@H]1CC(=O)CSC[C@@H](C(=O)N[C@@H](CCCN=C(N)N)C(=O)CCC(=O)N[C@@H](CC(=O)O)C(=O)C[C@H]2CSSC[C@@H](C(=O)NCC(=O)O)CC(=O)[C@H](Cc3ccccc3)NC2=O)CC(=O)[C@H](CC(=O)O)NC1=O. The number of hydrogen-bond acceptors (Lipinski definition) is 18. The fourth-order valence-electron chi connectivity index (χ4n) is 8.21. The number of unbranched alkanes of at least 4 members (excludes halogenated alkanes) is 1. The maximum atomic E-state index is 14.0. The van der Waals surface area contributed by atoms with Crippen LogP contribution in [0.3, 0.4) is 0 Å². The molecule has 424 valence electrons. The van der Waals surface area contributed by atoms with E-state index in [0.29, 0.717) is 24.9 Å². The van der Waals surface area contributed by atoms with Gasteiger partial charge in [-0.25, -0.2) is 0 Å². The fraction of sp³-hybridized carbons (Fsp3) is 0.592. The summed E-state index contributed by atoms with van der Waals surface area (Å²) in [5, 5.41) is 40.9. The second-order valence-electron chi connectivity index (χ2n) is 18.6. The maximum Gasteiger partial charge on any atom is 0.322 e. The Labute approximate surface area is 456 Å². The van der Waals surface area contributed by atoms with Gasteiger partial charge in [-0.05, 0) is 44.2 Å². The highest BCUT2D eigenvalue weighted by molar-refractivity contribution is 8.76. The molecule has 0 saturated carbocycles. The Morgan fingerprint density at radius 1 is 0.688 bits per heavy atom. The third kappa shape index (κ3) is 25.1. The zero-order valence-electron chi connectivity index (χ0n) is 42.4. The Morgan fingerprint density at radius 3 is 1.99 bits per heavy atom. The number of aliphatic imine (C=N–C) groups is 1. The van der Waals surface area contributed by atoms with Gasteiger partial charge in [0, 0.05) is 68.2 Å². The van der Waals surface area contributed by atoms with Crippen LogP contribution in [-0.4, -0.2) is 164 Å². The second-order valence-corrected chi connectivity index (χ2v) is 22.2. The molecule has 2 aliphatic rings. The largest absolute Gasteiger partial charge is 0.481 e. The number of carbonyl (C=O) groups excluding carboxylic acids is 10. The van der Waals surface area contributed by atoms with Crippen LogP contribution < -0.4 is 43.8 Å². The van der Waals surface area contributed by atoms with Gasteiger partial charge in [0.15, 0.2) is 29.1 Å². The smallest absolute Gasteiger partial charge is 0.322 e. The molecule has 0 aromatic heterocycles. The van der Waals surface area contributed by atoms with E-state index in [0.717, 1.165) is 33.3 Å². The predicted octanol–water partition coefficient (Wildman–Crippen LogP) is -0.706. The van der Waals surface area contributed by atoms with Crippen LogP contribution in [0.25, 0.3) is 0 Å². The summed E-state index contributed by atoms with van der Waals surface area (Å²) in [6.45, 7) is -0.323. The zero-order valence-corrected chi connectivity index (χ0v) is 44.9. The van der Waals surface area contributed by atoms with Crippen molar-refractivity contribution in [3.8, 4) is 0 Å². The number of nitrogens with one attached hydrogen (secondary N) is 5. The lowest BCUT2D eigenvalue weighted by Crippen LogP contribution is -2.49. The van der Waals surface area contributed by atoms with Crippen molar-refractivity contribution in [2.24, 2.45) is 45.9 Å². The number of carboxylic acid groups (broad SMARTS) is 3.